The Kier molecular flexibility index (Phi) is 9.32. The monoisotopic (exact) mass is 422 g/mol. The minimum Gasteiger partial charge on any atom is -0.303 e. The van der Waals surface area contributed by atoms with E-state index in [0.29, 0.717) is 6.42 Å². The standard InChI is InChI=1S/C18H17FN2.C8H14O2/c1-3-14-5-4-6-15(12-14)18-11-13(2)20-21(18)17-9-7-16(19)8-10-17;1-3-4-8(5-6-9)7(2)10/h4-12H,3H2,1-2H3;6,8H,3-5H2,1-2H3/t;8-/m.0/s1. The highest BCUT2D eigenvalue weighted by Crippen LogP contribution is 2.25. The normalized spacial score (nSPS) is 11.4. The van der Waals surface area contributed by atoms with Gasteiger partial charge in [-0.25, -0.2) is 9.07 Å². The number of Topliss-reactive ketones (excluding diaryl/α,β-unsaturated/α-hetero) is 1. The highest BCUT2D eigenvalue weighted by Gasteiger charge is 2.11. The van der Waals surface area contributed by atoms with E-state index < -0.39 is 0 Å². The minimum atomic E-state index is -0.239. The molecule has 0 spiro atoms. The number of ketones is 1. The average Bonchev–Trinajstić information content (AvgIpc) is 3.16. The van der Waals surface area contributed by atoms with Crippen LogP contribution in [0.5, 0.6) is 0 Å². The van der Waals surface area contributed by atoms with E-state index in [1.165, 1.54) is 17.7 Å². The van der Waals surface area contributed by atoms with Crippen LogP contribution >= 0.6 is 0 Å². The molecule has 5 heteroatoms. The van der Waals surface area contributed by atoms with Crippen LogP contribution in [0.15, 0.2) is 54.6 Å². The number of rotatable bonds is 8. The third-order valence-corrected chi connectivity index (χ3v) is 5.13. The summed E-state index contributed by atoms with van der Waals surface area (Å²) in [5, 5.41) is 4.54. The quantitative estimate of drug-likeness (QED) is 0.410. The van der Waals surface area contributed by atoms with Gasteiger partial charge in [-0.15, -0.1) is 0 Å². The van der Waals surface area contributed by atoms with E-state index in [1.54, 1.807) is 19.1 Å². The van der Waals surface area contributed by atoms with Crippen LogP contribution in [0.25, 0.3) is 16.9 Å². The molecule has 0 aliphatic carbocycles. The van der Waals surface area contributed by atoms with Crippen molar-refractivity contribution in [3.63, 3.8) is 0 Å². The third-order valence-electron chi connectivity index (χ3n) is 5.13. The first kappa shape index (κ1) is 24.2. The smallest absolute Gasteiger partial charge is 0.133 e. The number of carbonyl (C=O) groups is 2. The summed E-state index contributed by atoms with van der Waals surface area (Å²) in [4.78, 5) is 20.8. The lowest BCUT2D eigenvalue weighted by Gasteiger charge is -2.08. The fraction of sp³-hybridized carbons (Fsp3) is 0.346. The molecule has 3 aromatic rings. The second-order valence-electron chi connectivity index (χ2n) is 7.61. The Balaban J connectivity index is 0.000000291. The summed E-state index contributed by atoms with van der Waals surface area (Å²) in [5.74, 6) is -0.131. The van der Waals surface area contributed by atoms with Crippen molar-refractivity contribution in [3.05, 3.63) is 71.7 Å². The topological polar surface area (TPSA) is 52.0 Å². The van der Waals surface area contributed by atoms with Crippen LogP contribution in [0.3, 0.4) is 0 Å². The van der Waals surface area contributed by atoms with Gasteiger partial charge >= 0.3 is 0 Å². The van der Waals surface area contributed by atoms with Gasteiger partial charge in [0.2, 0.25) is 0 Å². The zero-order valence-electron chi connectivity index (χ0n) is 18.8. The van der Waals surface area contributed by atoms with Gasteiger partial charge < -0.3 is 4.79 Å². The molecule has 0 N–H and O–H groups in total. The molecule has 3 rings (SSSR count). The van der Waals surface area contributed by atoms with Crippen molar-refractivity contribution in [2.24, 2.45) is 5.92 Å². The van der Waals surface area contributed by atoms with Crippen molar-refractivity contribution in [1.29, 1.82) is 0 Å². The number of nitrogens with zero attached hydrogens (tertiary/aromatic N) is 2. The van der Waals surface area contributed by atoms with E-state index in [1.807, 2.05) is 18.5 Å². The van der Waals surface area contributed by atoms with Gasteiger partial charge in [0.15, 0.2) is 0 Å². The van der Waals surface area contributed by atoms with Crippen molar-refractivity contribution < 1.29 is 14.0 Å². The fourth-order valence-corrected chi connectivity index (χ4v) is 3.39. The predicted molar refractivity (Wildman–Crippen MR) is 123 cm³/mol. The van der Waals surface area contributed by atoms with Gasteiger partial charge in [0.05, 0.1) is 17.1 Å². The first-order valence-electron chi connectivity index (χ1n) is 10.8. The van der Waals surface area contributed by atoms with Gasteiger partial charge in [-0.05, 0) is 68.7 Å². The Bertz CT molecular complexity index is 993. The van der Waals surface area contributed by atoms with Gasteiger partial charge in [-0.1, -0.05) is 38.5 Å². The third kappa shape index (κ3) is 6.99. The van der Waals surface area contributed by atoms with Crippen LogP contribution in [0.1, 0.15) is 51.3 Å². The zero-order valence-corrected chi connectivity index (χ0v) is 18.8. The summed E-state index contributed by atoms with van der Waals surface area (Å²) >= 11 is 0. The molecule has 1 aromatic heterocycles. The molecular formula is C26H31FN2O2. The maximum Gasteiger partial charge on any atom is 0.133 e. The molecule has 0 aliphatic rings. The van der Waals surface area contributed by atoms with Crippen LogP contribution in [-0.4, -0.2) is 21.8 Å². The molecule has 1 atom stereocenters. The second-order valence-corrected chi connectivity index (χ2v) is 7.61. The molecule has 0 bridgehead atoms. The molecule has 164 valence electrons. The minimum absolute atomic E-state index is 0.0255. The molecule has 0 aliphatic heterocycles. The van der Waals surface area contributed by atoms with Crippen molar-refractivity contribution in [3.8, 4) is 16.9 Å². The lowest BCUT2D eigenvalue weighted by molar-refractivity contribution is -0.123. The molecule has 0 amide bonds. The lowest BCUT2D eigenvalue weighted by atomic mass is 9.97. The van der Waals surface area contributed by atoms with E-state index in [4.69, 9.17) is 0 Å². The maximum atomic E-state index is 13.1. The molecule has 1 heterocycles. The molecule has 0 saturated heterocycles. The number of halogens is 1. The maximum absolute atomic E-state index is 13.1. The first-order chi connectivity index (χ1) is 14.9. The first-order valence-corrected chi connectivity index (χ1v) is 10.8. The number of hydrogen-bond acceptors (Lipinski definition) is 3. The average molecular weight is 423 g/mol. The Hall–Kier alpha value is -3.08. The number of hydrogen-bond donors (Lipinski definition) is 0. The highest BCUT2D eigenvalue weighted by atomic mass is 19.1. The van der Waals surface area contributed by atoms with Crippen LogP contribution in [0.2, 0.25) is 0 Å². The van der Waals surface area contributed by atoms with E-state index in [-0.39, 0.29) is 17.5 Å². The SMILES string of the molecule is CCC[C@@H](CC=O)C(C)=O.CCc1cccc(-c2cc(C)nn2-c2ccc(F)cc2)c1. The van der Waals surface area contributed by atoms with Crippen molar-refractivity contribution >= 4 is 12.1 Å². The largest absolute Gasteiger partial charge is 0.303 e. The van der Waals surface area contributed by atoms with Crippen LogP contribution in [0.4, 0.5) is 4.39 Å². The number of aryl methyl sites for hydroxylation is 2. The number of aromatic nitrogens is 2. The molecule has 4 nitrogen and oxygen atoms in total. The van der Waals surface area contributed by atoms with E-state index in [9.17, 15) is 14.0 Å². The molecule has 31 heavy (non-hydrogen) atoms. The summed E-state index contributed by atoms with van der Waals surface area (Å²) < 4.78 is 15.0. The van der Waals surface area contributed by atoms with E-state index in [0.717, 1.165) is 48.2 Å². The second kappa shape index (κ2) is 11.9. The molecule has 0 radical (unpaired) electrons. The zero-order chi connectivity index (χ0) is 22.8. The van der Waals surface area contributed by atoms with Crippen LogP contribution < -0.4 is 0 Å². The number of aldehydes is 1. The Morgan fingerprint density at radius 3 is 2.42 bits per heavy atom. The fourth-order valence-electron chi connectivity index (χ4n) is 3.39. The Morgan fingerprint density at radius 1 is 1.13 bits per heavy atom. The summed E-state index contributed by atoms with van der Waals surface area (Å²) in [5.41, 5.74) is 5.24. The van der Waals surface area contributed by atoms with Gasteiger partial charge in [-0.3, -0.25) is 4.79 Å². The van der Waals surface area contributed by atoms with Crippen LogP contribution in [0, 0.1) is 18.7 Å². The Morgan fingerprint density at radius 2 is 1.84 bits per heavy atom. The summed E-state index contributed by atoms with van der Waals surface area (Å²) in [6.07, 6.45) is 4.02. The highest BCUT2D eigenvalue weighted by molar-refractivity contribution is 5.80. The van der Waals surface area contributed by atoms with Crippen LogP contribution in [-0.2, 0) is 16.0 Å². The summed E-state index contributed by atoms with van der Waals surface area (Å²) in [6.45, 7) is 7.67. The van der Waals surface area contributed by atoms with Crippen molar-refractivity contribution in [1.82, 2.24) is 9.78 Å². The molecule has 2 aromatic carbocycles. The number of carbonyl (C=O) groups excluding carboxylic acids is 2. The van der Waals surface area contributed by atoms with Gasteiger partial charge in [-0.2, -0.15) is 5.10 Å². The van der Waals surface area contributed by atoms with Gasteiger partial charge in [0.1, 0.15) is 17.9 Å². The lowest BCUT2D eigenvalue weighted by Crippen LogP contribution is -2.10. The number of benzene rings is 2. The molecule has 0 unspecified atom stereocenters. The molecule has 0 fully saturated rings. The van der Waals surface area contributed by atoms with Crippen molar-refractivity contribution in [2.75, 3.05) is 0 Å². The van der Waals surface area contributed by atoms with E-state index >= 15 is 0 Å². The molecular weight excluding hydrogens is 391 g/mol. The predicted octanol–water partition coefficient (Wildman–Crippen LogP) is 6.13. The van der Waals surface area contributed by atoms with Crippen molar-refractivity contribution in [2.45, 2.75) is 53.4 Å². The summed E-state index contributed by atoms with van der Waals surface area (Å²) in [7, 11) is 0. The Labute approximate surface area is 184 Å². The van der Waals surface area contributed by atoms with Gasteiger partial charge in [0.25, 0.3) is 0 Å². The summed E-state index contributed by atoms with van der Waals surface area (Å²) in [6, 6.07) is 16.9. The van der Waals surface area contributed by atoms with E-state index in [2.05, 4.69) is 42.4 Å². The van der Waals surface area contributed by atoms with Gasteiger partial charge in [0, 0.05) is 17.9 Å². The molecule has 0 saturated carbocycles.